The molecule has 2 unspecified atom stereocenters. The third-order valence-electron chi connectivity index (χ3n) is 6.40. The van der Waals surface area contributed by atoms with Crippen molar-refractivity contribution in [2.24, 2.45) is 11.8 Å². The first-order chi connectivity index (χ1) is 10.2. The maximum absolute atomic E-state index is 6.26. The van der Waals surface area contributed by atoms with Crippen LogP contribution in [0.3, 0.4) is 0 Å². The fourth-order valence-electron chi connectivity index (χ4n) is 5.06. The third-order valence-corrected chi connectivity index (χ3v) is 7.13. The molecule has 0 saturated heterocycles. The molecule has 3 aliphatic rings. The van der Waals surface area contributed by atoms with Crippen LogP contribution in [0.5, 0.6) is 0 Å². The molecule has 0 nitrogen and oxygen atoms in total. The lowest BCUT2D eigenvalue weighted by Gasteiger charge is -2.22. The number of aryl methyl sites for hydroxylation is 1. The summed E-state index contributed by atoms with van der Waals surface area (Å²) in [6.45, 7) is 0. The van der Waals surface area contributed by atoms with E-state index in [2.05, 4.69) is 12.1 Å². The van der Waals surface area contributed by atoms with Crippen molar-refractivity contribution in [1.29, 1.82) is 0 Å². The SMILES string of the molecule is Clc1cc2c(cc1Cl)C1(CC2)CC1CCC1CCCCC1. The lowest BCUT2D eigenvalue weighted by Crippen LogP contribution is -2.09. The van der Waals surface area contributed by atoms with Crippen LogP contribution in [-0.4, -0.2) is 0 Å². The molecule has 2 heteroatoms. The Morgan fingerprint density at radius 1 is 1.00 bits per heavy atom. The summed E-state index contributed by atoms with van der Waals surface area (Å²) in [5.41, 5.74) is 3.48. The largest absolute Gasteiger partial charge is 0.0827 e. The Kier molecular flexibility index (Phi) is 3.74. The number of rotatable bonds is 3. The molecule has 0 aliphatic heterocycles. The van der Waals surface area contributed by atoms with Crippen molar-refractivity contribution >= 4 is 23.2 Å². The third kappa shape index (κ3) is 2.53. The number of benzene rings is 1. The van der Waals surface area contributed by atoms with Crippen LogP contribution in [0.15, 0.2) is 12.1 Å². The molecule has 1 aromatic carbocycles. The highest BCUT2D eigenvalue weighted by atomic mass is 35.5. The zero-order chi connectivity index (χ0) is 14.4. The van der Waals surface area contributed by atoms with Gasteiger partial charge in [-0.1, -0.05) is 61.7 Å². The first-order valence-corrected chi connectivity index (χ1v) is 9.43. The van der Waals surface area contributed by atoms with Crippen molar-refractivity contribution < 1.29 is 0 Å². The van der Waals surface area contributed by atoms with Gasteiger partial charge in [0.1, 0.15) is 0 Å². The van der Waals surface area contributed by atoms with Gasteiger partial charge < -0.3 is 0 Å². The normalized spacial score (nSPS) is 31.6. The van der Waals surface area contributed by atoms with Gasteiger partial charge in [-0.05, 0) is 66.2 Å². The molecular formula is C19H24Cl2. The minimum absolute atomic E-state index is 0.484. The summed E-state index contributed by atoms with van der Waals surface area (Å²) in [7, 11) is 0. The van der Waals surface area contributed by atoms with Crippen LogP contribution in [0, 0.1) is 11.8 Å². The van der Waals surface area contributed by atoms with Crippen molar-refractivity contribution in [2.75, 3.05) is 0 Å². The van der Waals surface area contributed by atoms with E-state index in [-0.39, 0.29) is 0 Å². The molecule has 0 radical (unpaired) electrons. The Morgan fingerprint density at radius 3 is 2.57 bits per heavy atom. The number of fused-ring (bicyclic) bond motifs is 2. The Balaban J connectivity index is 1.43. The van der Waals surface area contributed by atoms with Gasteiger partial charge in [-0.3, -0.25) is 0 Å². The number of hydrogen-bond acceptors (Lipinski definition) is 0. The van der Waals surface area contributed by atoms with Crippen LogP contribution >= 0.6 is 23.2 Å². The van der Waals surface area contributed by atoms with Crippen LogP contribution in [0.4, 0.5) is 0 Å². The summed E-state index contributed by atoms with van der Waals surface area (Å²) >= 11 is 12.4. The van der Waals surface area contributed by atoms with Gasteiger partial charge in [0, 0.05) is 0 Å². The molecule has 0 bridgehead atoms. The summed E-state index contributed by atoms with van der Waals surface area (Å²) in [6, 6.07) is 4.29. The molecule has 4 rings (SSSR count). The number of halogens is 2. The molecule has 2 fully saturated rings. The Labute approximate surface area is 138 Å². The van der Waals surface area contributed by atoms with E-state index in [0.29, 0.717) is 5.41 Å². The Hall–Kier alpha value is -0.200. The van der Waals surface area contributed by atoms with E-state index in [1.165, 1.54) is 75.3 Å². The molecule has 1 aromatic rings. The van der Waals surface area contributed by atoms with Crippen LogP contribution in [0.25, 0.3) is 0 Å². The van der Waals surface area contributed by atoms with E-state index >= 15 is 0 Å². The summed E-state index contributed by atoms with van der Waals surface area (Å²) in [5, 5.41) is 1.47. The second kappa shape index (κ2) is 5.46. The maximum atomic E-state index is 6.26. The van der Waals surface area contributed by atoms with Gasteiger partial charge in [-0.2, -0.15) is 0 Å². The molecule has 3 aliphatic carbocycles. The quantitative estimate of drug-likeness (QED) is 0.591. The average molecular weight is 323 g/mol. The van der Waals surface area contributed by atoms with Gasteiger partial charge >= 0.3 is 0 Å². The van der Waals surface area contributed by atoms with Crippen molar-refractivity contribution in [3.05, 3.63) is 33.3 Å². The van der Waals surface area contributed by atoms with Crippen LogP contribution in [-0.2, 0) is 11.8 Å². The first-order valence-electron chi connectivity index (χ1n) is 8.67. The molecule has 0 amide bonds. The highest BCUT2D eigenvalue weighted by Crippen LogP contribution is 2.64. The van der Waals surface area contributed by atoms with Crippen LogP contribution < -0.4 is 0 Å². The van der Waals surface area contributed by atoms with E-state index in [0.717, 1.165) is 21.9 Å². The van der Waals surface area contributed by atoms with E-state index in [1.54, 1.807) is 0 Å². The van der Waals surface area contributed by atoms with Crippen molar-refractivity contribution in [3.63, 3.8) is 0 Å². The minimum Gasteiger partial charge on any atom is -0.0827 e. The molecule has 0 N–H and O–H groups in total. The fourth-order valence-corrected chi connectivity index (χ4v) is 5.41. The summed E-state index contributed by atoms with van der Waals surface area (Å²) < 4.78 is 0. The maximum Gasteiger partial charge on any atom is 0.0595 e. The molecule has 114 valence electrons. The molecule has 1 spiro atoms. The Bertz CT molecular complexity index is 545. The fraction of sp³-hybridized carbons (Fsp3) is 0.684. The van der Waals surface area contributed by atoms with Gasteiger partial charge in [0.15, 0.2) is 0 Å². The van der Waals surface area contributed by atoms with Crippen molar-refractivity contribution in [1.82, 2.24) is 0 Å². The van der Waals surface area contributed by atoms with E-state index in [1.807, 2.05) is 0 Å². The first kappa shape index (κ1) is 14.4. The summed E-state index contributed by atoms with van der Waals surface area (Å²) in [5.74, 6) is 1.93. The molecule has 2 atom stereocenters. The lowest BCUT2D eigenvalue weighted by molar-refractivity contribution is 0.322. The highest BCUT2D eigenvalue weighted by molar-refractivity contribution is 6.42. The van der Waals surface area contributed by atoms with Gasteiger partial charge in [0.25, 0.3) is 0 Å². The Morgan fingerprint density at radius 2 is 1.76 bits per heavy atom. The lowest BCUT2D eigenvalue weighted by atomic mass is 9.84. The second-order valence-electron chi connectivity index (χ2n) is 7.56. The molecule has 2 saturated carbocycles. The summed E-state index contributed by atoms with van der Waals surface area (Å²) in [6.07, 6.45) is 14.2. The van der Waals surface area contributed by atoms with Crippen molar-refractivity contribution in [2.45, 2.75) is 69.6 Å². The molecular weight excluding hydrogens is 299 g/mol. The zero-order valence-corrected chi connectivity index (χ0v) is 14.1. The molecule has 0 heterocycles. The van der Waals surface area contributed by atoms with Gasteiger partial charge in [-0.25, -0.2) is 0 Å². The average Bonchev–Trinajstić information content (AvgIpc) is 3.11. The van der Waals surface area contributed by atoms with E-state index in [9.17, 15) is 0 Å². The smallest absolute Gasteiger partial charge is 0.0595 e. The van der Waals surface area contributed by atoms with Gasteiger partial charge in [-0.15, -0.1) is 0 Å². The monoisotopic (exact) mass is 322 g/mol. The predicted octanol–water partition coefficient (Wildman–Crippen LogP) is 6.56. The van der Waals surface area contributed by atoms with E-state index < -0.39 is 0 Å². The minimum atomic E-state index is 0.484. The molecule has 21 heavy (non-hydrogen) atoms. The van der Waals surface area contributed by atoms with Crippen LogP contribution in [0.1, 0.15) is 68.9 Å². The molecule has 0 aromatic heterocycles. The highest BCUT2D eigenvalue weighted by Gasteiger charge is 2.57. The van der Waals surface area contributed by atoms with Gasteiger partial charge in [0.2, 0.25) is 0 Å². The predicted molar refractivity (Wildman–Crippen MR) is 90.4 cm³/mol. The zero-order valence-electron chi connectivity index (χ0n) is 12.6. The number of hydrogen-bond donors (Lipinski definition) is 0. The topological polar surface area (TPSA) is 0 Å². The van der Waals surface area contributed by atoms with Crippen molar-refractivity contribution in [3.8, 4) is 0 Å². The summed E-state index contributed by atoms with van der Waals surface area (Å²) in [4.78, 5) is 0. The van der Waals surface area contributed by atoms with Gasteiger partial charge in [0.05, 0.1) is 10.0 Å². The standard InChI is InChI=1S/C19H24Cl2/c20-17-10-14-8-9-19(16(14)11-18(17)21)12-15(19)7-6-13-4-2-1-3-5-13/h10-11,13,15H,1-9,12H2. The van der Waals surface area contributed by atoms with Crippen LogP contribution in [0.2, 0.25) is 10.0 Å². The second-order valence-corrected chi connectivity index (χ2v) is 8.38. The van der Waals surface area contributed by atoms with E-state index in [4.69, 9.17) is 23.2 Å².